The number of carbonyl (C=O) groups is 1. The maximum Gasteiger partial charge on any atom is 0.223 e. The number of hydrogen-bond donors (Lipinski definition) is 1. The zero-order valence-electron chi connectivity index (χ0n) is 19.2. The van der Waals surface area contributed by atoms with Gasteiger partial charge in [-0.1, -0.05) is 72.8 Å². The zero-order chi connectivity index (χ0) is 23.3. The van der Waals surface area contributed by atoms with E-state index in [-0.39, 0.29) is 11.8 Å². The Morgan fingerprint density at radius 2 is 1.38 bits per heavy atom. The van der Waals surface area contributed by atoms with E-state index in [1.54, 1.807) is 0 Å². The van der Waals surface area contributed by atoms with Crippen LogP contribution in [0.2, 0.25) is 0 Å². The van der Waals surface area contributed by atoms with E-state index in [0.29, 0.717) is 31.9 Å². The summed E-state index contributed by atoms with van der Waals surface area (Å²) in [6, 6.07) is 28.4. The molecule has 0 atom stereocenters. The maximum absolute atomic E-state index is 13.3. The Kier molecular flexibility index (Phi) is 6.49. The molecule has 1 saturated heterocycles. The second-order valence-electron chi connectivity index (χ2n) is 8.78. The Bertz CT molecular complexity index is 1210. The number of carbonyl (C=O) groups excluding carboxylic acids is 1. The predicted molar refractivity (Wildman–Crippen MR) is 135 cm³/mol. The molecular formula is C28H29N5O. The summed E-state index contributed by atoms with van der Waals surface area (Å²) in [5.41, 5.74) is 9.36. The molecule has 34 heavy (non-hydrogen) atoms. The van der Waals surface area contributed by atoms with Gasteiger partial charge in [0.05, 0.1) is 12.1 Å². The van der Waals surface area contributed by atoms with Gasteiger partial charge in [-0.05, 0) is 23.3 Å². The van der Waals surface area contributed by atoms with Crippen LogP contribution in [0.3, 0.4) is 0 Å². The molecular weight excluding hydrogens is 422 g/mol. The number of rotatable bonds is 6. The summed E-state index contributed by atoms with van der Waals surface area (Å²) < 4.78 is 0. The van der Waals surface area contributed by atoms with Crippen molar-refractivity contribution in [1.29, 1.82) is 0 Å². The summed E-state index contributed by atoms with van der Waals surface area (Å²) in [4.78, 5) is 26.7. The Balaban J connectivity index is 1.22. The number of nitrogens with zero attached hydrogens (tertiary/aromatic N) is 4. The number of hydrogen-bond acceptors (Lipinski definition) is 5. The molecule has 1 aromatic heterocycles. The quantitative estimate of drug-likeness (QED) is 0.478. The molecule has 0 unspecified atom stereocenters. The van der Waals surface area contributed by atoms with Crippen LogP contribution < -0.4 is 5.73 Å². The number of nitrogen functional groups attached to an aromatic ring is 1. The molecule has 1 aliphatic heterocycles. The molecule has 1 amide bonds. The molecule has 0 saturated carbocycles. The van der Waals surface area contributed by atoms with E-state index >= 15 is 0 Å². The van der Waals surface area contributed by atoms with Gasteiger partial charge >= 0.3 is 0 Å². The van der Waals surface area contributed by atoms with Crippen molar-refractivity contribution in [1.82, 2.24) is 19.8 Å². The fourth-order valence-electron chi connectivity index (χ4n) is 4.68. The highest BCUT2D eigenvalue weighted by Gasteiger charge is 2.25. The molecule has 0 radical (unpaired) electrons. The number of anilines is 1. The van der Waals surface area contributed by atoms with E-state index in [1.807, 2.05) is 65.6 Å². The van der Waals surface area contributed by atoms with Crippen LogP contribution >= 0.6 is 0 Å². The molecule has 172 valence electrons. The van der Waals surface area contributed by atoms with Gasteiger partial charge in [-0.15, -0.1) is 0 Å². The first-order valence-corrected chi connectivity index (χ1v) is 11.8. The lowest BCUT2D eigenvalue weighted by Gasteiger charge is -2.35. The minimum absolute atomic E-state index is 0.0573. The molecule has 0 aliphatic carbocycles. The molecule has 6 heteroatoms. The number of fused-ring (bicyclic) bond motifs is 1. The Morgan fingerprint density at radius 1 is 0.794 bits per heavy atom. The Labute approximate surface area is 200 Å². The fraction of sp³-hybridized carbons (Fsp3) is 0.250. The van der Waals surface area contributed by atoms with E-state index in [0.717, 1.165) is 29.8 Å². The summed E-state index contributed by atoms with van der Waals surface area (Å²) in [6.07, 6.45) is 0.471. The first-order valence-electron chi connectivity index (χ1n) is 11.8. The van der Waals surface area contributed by atoms with Crippen LogP contribution in [-0.4, -0.2) is 51.9 Å². The highest BCUT2D eigenvalue weighted by atomic mass is 16.2. The van der Waals surface area contributed by atoms with E-state index in [9.17, 15) is 4.79 Å². The number of aromatic nitrogens is 2. The van der Waals surface area contributed by atoms with Crippen LogP contribution in [-0.2, 0) is 11.3 Å². The number of para-hydroxylation sites is 1. The first kappa shape index (κ1) is 22.0. The third kappa shape index (κ3) is 4.92. The Hall–Kier alpha value is -3.77. The normalized spacial score (nSPS) is 14.6. The molecule has 6 nitrogen and oxygen atoms in total. The van der Waals surface area contributed by atoms with E-state index in [1.165, 1.54) is 11.1 Å². The standard InChI is InChI=1S/C28H29N5O/c29-28-23-13-7-8-14-25(23)30-26(31-28)20-32-15-17-33(18-16-32)27(34)19-24(21-9-3-1-4-10-21)22-11-5-2-6-12-22/h1-14,24H,15-20H2,(H2,29,30,31). The second-order valence-corrected chi connectivity index (χ2v) is 8.78. The van der Waals surface area contributed by atoms with Crippen molar-refractivity contribution in [2.45, 2.75) is 18.9 Å². The molecule has 2 N–H and O–H groups in total. The number of piperazine rings is 1. The van der Waals surface area contributed by atoms with Crippen molar-refractivity contribution >= 4 is 22.6 Å². The molecule has 4 aromatic rings. The van der Waals surface area contributed by atoms with Gasteiger partial charge in [0.15, 0.2) is 0 Å². The van der Waals surface area contributed by atoms with Crippen LogP contribution in [0, 0.1) is 0 Å². The van der Waals surface area contributed by atoms with Crippen LogP contribution in [0.15, 0.2) is 84.9 Å². The largest absolute Gasteiger partial charge is 0.383 e. The van der Waals surface area contributed by atoms with Gasteiger partial charge in [-0.2, -0.15) is 0 Å². The van der Waals surface area contributed by atoms with Gasteiger partial charge < -0.3 is 10.6 Å². The van der Waals surface area contributed by atoms with Crippen molar-refractivity contribution in [3.05, 3.63) is 102 Å². The molecule has 3 aromatic carbocycles. The highest BCUT2D eigenvalue weighted by molar-refractivity contribution is 5.87. The third-order valence-corrected chi connectivity index (χ3v) is 6.55. The summed E-state index contributed by atoms with van der Waals surface area (Å²) in [7, 11) is 0. The smallest absolute Gasteiger partial charge is 0.223 e. The van der Waals surface area contributed by atoms with Gasteiger partial charge in [0.1, 0.15) is 11.6 Å². The lowest BCUT2D eigenvalue weighted by molar-refractivity contribution is -0.133. The molecule has 5 rings (SSSR count). The summed E-state index contributed by atoms with van der Waals surface area (Å²) >= 11 is 0. The zero-order valence-corrected chi connectivity index (χ0v) is 19.2. The van der Waals surface area contributed by atoms with E-state index < -0.39 is 0 Å². The molecule has 1 aliphatic rings. The van der Waals surface area contributed by atoms with Gasteiger partial charge in [-0.3, -0.25) is 9.69 Å². The molecule has 0 spiro atoms. The second kappa shape index (κ2) is 10.0. The van der Waals surface area contributed by atoms with Gasteiger partial charge in [0, 0.05) is 43.9 Å². The van der Waals surface area contributed by atoms with Gasteiger partial charge in [0.2, 0.25) is 5.91 Å². The molecule has 2 heterocycles. The van der Waals surface area contributed by atoms with E-state index in [4.69, 9.17) is 5.73 Å². The molecule has 1 fully saturated rings. The minimum atomic E-state index is 0.0573. The van der Waals surface area contributed by atoms with Crippen LogP contribution in [0.25, 0.3) is 10.9 Å². The fourth-order valence-corrected chi connectivity index (χ4v) is 4.68. The van der Waals surface area contributed by atoms with Crippen molar-refractivity contribution < 1.29 is 4.79 Å². The van der Waals surface area contributed by atoms with Crippen molar-refractivity contribution in [2.24, 2.45) is 0 Å². The number of amides is 1. The average molecular weight is 452 g/mol. The van der Waals surface area contributed by atoms with Gasteiger partial charge in [-0.25, -0.2) is 9.97 Å². The number of nitrogens with two attached hydrogens (primary N) is 1. The predicted octanol–water partition coefficient (Wildman–Crippen LogP) is 4.08. The summed E-state index contributed by atoms with van der Waals surface area (Å²) in [6.45, 7) is 3.64. The average Bonchev–Trinajstić information content (AvgIpc) is 2.89. The lowest BCUT2D eigenvalue weighted by Crippen LogP contribution is -2.48. The monoisotopic (exact) mass is 451 g/mol. The maximum atomic E-state index is 13.3. The Morgan fingerprint density at radius 3 is 2.03 bits per heavy atom. The minimum Gasteiger partial charge on any atom is -0.383 e. The van der Waals surface area contributed by atoms with Crippen molar-refractivity contribution in [3.8, 4) is 0 Å². The molecule has 0 bridgehead atoms. The van der Waals surface area contributed by atoms with Crippen LogP contribution in [0.5, 0.6) is 0 Å². The van der Waals surface area contributed by atoms with E-state index in [2.05, 4.69) is 39.1 Å². The van der Waals surface area contributed by atoms with Crippen LogP contribution in [0.1, 0.15) is 29.3 Å². The topological polar surface area (TPSA) is 75.3 Å². The lowest BCUT2D eigenvalue weighted by atomic mass is 9.88. The summed E-state index contributed by atoms with van der Waals surface area (Å²) in [5, 5.41) is 0.882. The van der Waals surface area contributed by atoms with Crippen molar-refractivity contribution in [2.75, 3.05) is 31.9 Å². The van der Waals surface area contributed by atoms with Gasteiger partial charge in [0.25, 0.3) is 0 Å². The first-order chi connectivity index (χ1) is 16.7. The highest BCUT2D eigenvalue weighted by Crippen LogP contribution is 2.29. The van der Waals surface area contributed by atoms with Crippen molar-refractivity contribution in [3.63, 3.8) is 0 Å². The summed E-state index contributed by atoms with van der Waals surface area (Å²) in [5.74, 6) is 1.50. The third-order valence-electron chi connectivity index (χ3n) is 6.55. The SMILES string of the molecule is Nc1nc(CN2CCN(C(=O)CC(c3ccccc3)c3ccccc3)CC2)nc2ccccc12. The van der Waals surface area contributed by atoms with Crippen LogP contribution in [0.4, 0.5) is 5.82 Å². The number of benzene rings is 3.